The van der Waals surface area contributed by atoms with Crippen LogP contribution in [0.2, 0.25) is 0 Å². The molecule has 0 aliphatic carbocycles. The number of hydrogen-bond acceptors (Lipinski definition) is 5. The van der Waals surface area contributed by atoms with Gasteiger partial charge in [0.05, 0.1) is 7.11 Å². The first-order valence-corrected chi connectivity index (χ1v) is 10.5. The maximum atomic E-state index is 13.2. The van der Waals surface area contributed by atoms with Crippen molar-refractivity contribution in [2.24, 2.45) is 5.92 Å². The molecule has 1 aromatic heterocycles. The molecule has 2 rings (SSSR count). The second-order valence-electron chi connectivity index (χ2n) is 8.66. The first kappa shape index (κ1) is 24.2. The van der Waals surface area contributed by atoms with Crippen molar-refractivity contribution in [3.05, 3.63) is 36.0 Å². The summed E-state index contributed by atoms with van der Waals surface area (Å²) >= 11 is 0. The lowest BCUT2D eigenvalue weighted by molar-refractivity contribution is -0.146. The van der Waals surface area contributed by atoms with Crippen LogP contribution in [-0.2, 0) is 25.5 Å². The van der Waals surface area contributed by atoms with Crippen LogP contribution in [0.15, 0.2) is 30.5 Å². The predicted molar refractivity (Wildman–Crippen MR) is 119 cm³/mol. The Morgan fingerprint density at radius 2 is 1.81 bits per heavy atom. The zero-order valence-corrected chi connectivity index (χ0v) is 19.1. The van der Waals surface area contributed by atoms with Crippen molar-refractivity contribution in [1.82, 2.24) is 15.6 Å². The summed E-state index contributed by atoms with van der Waals surface area (Å²) in [7, 11) is 1.28. The van der Waals surface area contributed by atoms with Crippen LogP contribution in [-0.4, -0.2) is 47.7 Å². The lowest BCUT2D eigenvalue weighted by atomic mass is 9.98. The number of fused-ring (bicyclic) bond motifs is 1. The average molecular weight is 432 g/mol. The molecule has 0 radical (unpaired) electrons. The topological polar surface area (TPSA) is 110 Å². The summed E-state index contributed by atoms with van der Waals surface area (Å²) in [5.41, 5.74) is 1.09. The van der Waals surface area contributed by atoms with Crippen LogP contribution >= 0.6 is 0 Å². The SMILES string of the molecule is CC[C@@H](C)[C@H](NC(=O)[C@@H](Cc1c[nH]c2ccccc12)NC(=O)OC(C)(C)C)C(=O)OC. The Morgan fingerprint density at radius 3 is 2.42 bits per heavy atom. The van der Waals surface area contributed by atoms with E-state index in [2.05, 4.69) is 15.6 Å². The summed E-state index contributed by atoms with van der Waals surface area (Å²) in [6.07, 6.45) is 2.01. The highest BCUT2D eigenvalue weighted by Crippen LogP contribution is 2.20. The van der Waals surface area contributed by atoms with E-state index in [4.69, 9.17) is 9.47 Å². The molecule has 1 heterocycles. The van der Waals surface area contributed by atoms with E-state index in [0.29, 0.717) is 6.42 Å². The normalized spacial score (nSPS) is 14.4. The van der Waals surface area contributed by atoms with Crippen molar-refractivity contribution in [3.8, 4) is 0 Å². The van der Waals surface area contributed by atoms with Crippen LogP contribution in [0.1, 0.15) is 46.6 Å². The van der Waals surface area contributed by atoms with E-state index in [9.17, 15) is 14.4 Å². The van der Waals surface area contributed by atoms with Gasteiger partial charge in [-0.3, -0.25) is 4.79 Å². The number of carbonyl (C=O) groups excluding carboxylic acids is 3. The minimum atomic E-state index is -0.940. The molecule has 1 aromatic carbocycles. The second kappa shape index (κ2) is 10.3. The number of methoxy groups -OCH3 is 1. The molecule has 2 amide bonds. The number of esters is 1. The molecule has 0 aliphatic heterocycles. The summed E-state index contributed by atoms with van der Waals surface area (Å²) in [6.45, 7) is 9.03. The number of hydrogen-bond donors (Lipinski definition) is 3. The summed E-state index contributed by atoms with van der Waals surface area (Å²) < 4.78 is 10.2. The minimum Gasteiger partial charge on any atom is -0.467 e. The van der Waals surface area contributed by atoms with E-state index in [1.54, 1.807) is 20.8 Å². The van der Waals surface area contributed by atoms with Gasteiger partial charge in [0.15, 0.2) is 0 Å². The average Bonchev–Trinajstić information content (AvgIpc) is 3.11. The van der Waals surface area contributed by atoms with Crippen molar-refractivity contribution in [1.29, 1.82) is 0 Å². The third-order valence-electron chi connectivity index (χ3n) is 5.07. The highest BCUT2D eigenvalue weighted by molar-refractivity contribution is 5.91. The Balaban J connectivity index is 2.28. The summed E-state index contributed by atoms with van der Waals surface area (Å²) in [5, 5.41) is 6.37. The molecular weight excluding hydrogens is 398 g/mol. The summed E-state index contributed by atoms with van der Waals surface area (Å²) in [6, 6.07) is 5.95. The molecule has 0 fully saturated rings. The van der Waals surface area contributed by atoms with E-state index in [-0.39, 0.29) is 12.3 Å². The molecule has 31 heavy (non-hydrogen) atoms. The summed E-state index contributed by atoms with van der Waals surface area (Å²) in [4.78, 5) is 41.0. The fourth-order valence-electron chi connectivity index (χ4n) is 3.23. The van der Waals surface area contributed by atoms with E-state index >= 15 is 0 Å². The van der Waals surface area contributed by atoms with Crippen molar-refractivity contribution >= 4 is 28.9 Å². The number of carbonyl (C=O) groups is 3. The van der Waals surface area contributed by atoms with Gasteiger partial charge in [0.25, 0.3) is 0 Å². The van der Waals surface area contributed by atoms with Gasteiger partial charge in [0, 0.05) is 23.5 Å². The molecular formula is C23H33N3O5. The third kappa shape index (κ3) is 6.73. The minimum absolute atomic E-state index is 0.133. The standard InChI is InChI=1S/C23H33N3O5/c1-7-14(2)19(21(28)30-6)26-20(27)18(25-22(29)31-23(3,4)5)12-15-13-24-17-11-9-8-10-16(15)17/h8-11,13-14,18-19,24H,7,12H2,1-6H3,(H,25,29)(H,26,27)/t14-,18-,19+/m1/s1. The van der Waals surface area contributed by atoms with Crippen molar-refractivity contribution in [2.45, 2.75) is 65.1 Å². The van der Waals surface area contributed by atoms with Crippen LogP contribution in [0.25, 0.3) is 10.9 Å². The number of amides is 2. The van der Waals surface area contributed by atoms with Crippen LogP contribution in [0, 0.1) is 5.92 Å². The number of ether oxygens (including phenoxy) is 2. The molecule has 2 aromatic rings. The van der Waals surface area contributed by atoms with Gasteiger partial charge in [-0.25, -0.2) is 9.59 Å². The maximum Gasteiger partial charge on any atom is 0.408 e. The van der Waals surface area contributed by atoms with Gasteiger partial charge >= 0.3 is 12.1 Å². The van der Waals surface area contributed by atoms with Gasteiger partial charge < -0.3 is 25.1 Å². The van der Waals surface area contributed by atoms with Crippen LogP contribution in [0.3, 0.4) is 0 Å². The molecule has 3 N–H and O–H groups in total. The quantitative estimate of drug-likeness (QED) is 0.556. The van der Waals surface area contributed by atoms with Gasteiger partial charge in [-0.15, -0.1) is 0 Å². The molecule has 0 spiro atoms. The predicted octanol–water partition coefficient (Wildman–Crippen LogP) is 3.31. The Kier molecular flexibility index (Phi) is 8.08. The van der Waals surface area contributed by atoms with Gasteiger partial charge in [0.1, 0.15) is 17.7 Å². The molecule has 3 atom stereocenters. The Hall–Kier alpha value is -3.03. The third-order valence-corrected chi connectivity index (χ3v) is 5.07. The van der Waals surface area contributed by atoms with E-state index in [0.717, 1.165) is 16.5 Å². The molecule has 0 saturated carbocycles. The first-order chi connectivity index (χ1) is 14.6. The number of nitrogens with one attached hydrogen (secondary N) is 3. The summed E-state index contributed by atoms with van der Waals surface area (Å²) in [5.74, 6) is -1.13. The highest BCUT2D eigenvalue weighted by Gasteiger charge is 2.31. The fraction of sp³-hybridized carbons (Fsp3) is 0.522. The van der Waals surface area contributed by atoms with E-state index in [1.807, 2.05) is 44.3 Å². The highest BCUT2D eigenvalue weighted by atomic mass is 16.6. The molecule has 170 valence electrons. The van der Waals surface area contributed by atoms with Crippen LogP contribution < -0.4 is 10.6 Å². The number of H-pyrrole nitrogens is 1. The number of alkyl carbamates (subject to hydrolysis) is 1. The molecule has 0 saturated heterocycles. The number of rotatable bonds is 8. The lowest BCUT2D eigenvalue weighted by Gasteiger charge is -2.26. The molecule has 0 unspecified atom stereocenters. The lowest BCUT2D eigenvalue weighted by Crippen LogP contribution is -2.54. The largest absolute Gasteiger partial charge is 0.467 e. The van der Waals surface area contributed by atoms with Gasteiger partial charge in [0.2, 0.25) is 5.91 Å². The smallest absolute Gasteiger partial charge is 0.408 e. The first-order valence-electron chi connectivity index (χ1n) is 10.5. The number of benzene rings is 1. The van der Waals surface area contributed by atoms with Gasteiger partial charge in [-0.1, -0.05) is 38.5 Å². The van der Waals surface area contributed by atoms with Crippen molar-refractivity contribution < 1.29 is 23.9 Å². The van der Waals surface area contributed by atoms with Crippen LogP contribution in [0.4, 0.5) is 4.79 Å². The molecule has 0 aliphatic rings. The Labute approximate surface area is 183 Å². The molecule has 8 nitrogen and oxygen atoms in total. The molecule has 8 heteroatoms. The number of aromatic amines is 1. The Bertz CT molecular complexity index is 915. The van der Waals surface area contributed by atoms with Crippen LogP contribution in [0.5, 0.6) is 0 Å². The maximum absolute atomic E-state index is 13.2. The molecule has 0 bridgehead atoms. The Morgan fingerprint density at radius 1 is 1.13 bits per heavy atom. The monoisotopic (exact) mass is 431 g/mol. The zero-order chi connectivity index (χ0) is 23.2. The second-order valence-corrected chi connectivity index (χ2v) is 8.66. The van der Waals surface area contributed by atoms with E-state index in [1.165, 1.54) is 7.11 Å². The van der Waals surface area contributed by atoms with Gasteiger partial charge in [-0.2, -0.15) is 0 Å². The van der Waals surface area contributed by atoms with Crippen molar-refractivity contribution in [3.63, 3.8) is 0 Å². The number of aromatic nitrogens is 1. The number of para-hydroxylation sites is 1. The van der Waals surface area contributed by atoms with E-state index < -0.39 is 35.7 Å². The van der Waals surface area contributed by atoms with Crippen molar-refractivity contribution in [2.75, 3.05) is 7.11 Å². The van der Waals surface area contributed by atoms with Gasteiger partial charge in [-0.05, 0) is 38.3 Å². The fourth-order valence-corrected chi connectivity index (χ4v) is 3.23. The zero-order valence-electron chi connectivity index (χ0n) is 19.1.